The Balaban J connectivity index is 2.61. The highest BCUT2D eigenvalue weighted by atomic mass is 79.9. The third-order valence-electron chi connectivity index (χ3n) is 1.84. The van der Waals surface area contributed by atoms with E-state index in [0.717, 1.165) is 15.6 Å². The number of hydrogen-bond acceptors (Lipinski definition) is 2. The average molecular weight is 255 g/mol. The second-order valence-electron chi connectivity index (χ2n) is 2.74. The molecule has 0 unspecified atom stereocenters. The summed E-state index contributed by atoms with van der Waals surface area (Å²) in [6.45, 7) is 0. The van der Waals surface area contributed by atoms with Gasteiger partial charge in [-0.05, 0) is 18.2 Å². The van der Waals surface area contributed by atoms with E-state index in [9.17, 15) is 4.79 Å². The van der Waals surface area contributed by atoms with E-state index in [4.69, 9.17) is 0 Å². The standard InChI is InChI=1S/C10H7BrOS/c11-9-2-1-3-10-8(9)6-7(13-10)4-5-12/h1-3,5-6H,4H2. The summed E-state index contributed by atoms with van der Waals surface area (Å²) in [5.74, 6) is 0. The molecule has 1 aromatic heterocycles. The maximum atomic E-state index is 10.3. The predicted molar refractivity (Wildman–Crippen MR) is 59.3 cm³/mol. The van der Waals surface area contributed by atoms with Gasteiger partial charge in [-0.1, -0.05) is 22.0 Å². The molecule has 66 valence electrons. The van der Waals surface area contributed by atoms with Crippen molar-refractivity contribution in [2.24, 2.45) is 0 Å². The summed E-state index contributed by atoms with van der Waals surface area (Å²) >= 11 is 5.15. The second kappa shape index (κ2) is 3.60. The van der Waals surface area contributed by atoms with Crippen LogP contribution in [0.15, 0.2) is 28.7 Å². The summed E-state index contributed by atoms with van der Waals surface area (Å²) in [6.07, 6.45) is 1.46. The van der Waals surface area contributed by atoms with Crippen LogP contribution in [0.2, 0.25) is 0 Å². The first kappa shape index (κ1) is 8.91. The quantitative estimate of drug-likeness (QED) is 0.751. The molecular formula is C10H7BrOS. The Bertz CT molecular complexity index is 447. The Morgan fingerprint density at radius 1 is 1.46 bits per heavy atom. The van der Waals surface area contributed by atoms with Gasteiger partial charge in [0.05, 0.1) is 0 Å². The molecule has 2 aromatic rings. The zero-order valence-electron chi connectivity index (χ0n) is 6.79. The molecule has 0 aliphatic heterocycles. The molecule has 3 heteroatoms. The fraction of sp³-hybridized carbons (Fsp3) is 0.100. The topological polar surface area (TPSA) is 17.1 Å². The van der Waals surface area contributed by atoms with Crippen molar-refractivity contribution in [2.75, 3.05) is 0 Å². The number of rotatable bonds is 2. The predicted octanol–water partition coefficient (Wildman–Crippen LogP) is 3.41. The third-order valence-corrected chi connectivity index (χ3v) is 3.66. The molecule has 0 saturated heterocycles. The molecule has 0 saturated carbocycles. The summed E-state index contributed by atoms with van der Waals surface area (Å²) in [5.41, 5.74) is 0. The summed E-state index contributed by atoms with van der Waals surface area (Å²) in [5, 5.41) is 1.20. The Hall–Kier alpha value is -0.670. The van der Waals surface area contributed by atoms with Crippen LogP contribution in [0, 0.1) is 0 Å². The number of hydrogen-bond donors (Lipinski definition) is 0. The van der Waals surface area contributed by atoms with E-state index in [1.165, 1.54) is 10.1 Å². The highest BCUT2D eigenvalue weighted by Crippen LogP contribution is 2.31. The Labute approximate surface area is 88.5 Å². The van der Waals surface area contributed by atoms with E-state index in [2.05, 4.69) is 28.1 Å². The van der Waals surface area contributed by atoms with Crippen LogP contribution >= 0.6 is 27.3 Å². The number of carbonyl (C=O) groups is 1. The van der Waals surface area contributed by atoms with Gasteiger partial charge >= 0.3 is 0 Å². The van der Waals surface area contributed by atoms with Crippen molar-refractivity contribution in [3.8, 4) is 0 Å². The van der Waals surface area contributed by atoms with Gasteiger partial charge in [0.15, 0.2) is 0 Å². The van der Waals surface area contributed by atoms with Gasteiger partial charge in [0.25, 0.3) is 0 Å². The van der Waals surface area contributed by atoms with Gasteiger partial charge in [0.2, 0.25) is 0 Å². The van der Waals surface area contributed by atoms with Crippen LogP contribution in [0.1, 0.15) is 4.88 Å². The molecule has 1 heterocycles. The summed E-state index contributed by atoms with van der Waals surface area (Å²) in [4.78, 5) is 11.5. The largest absolute Gasteiger partial charge is 0.303 e. The molecule has 2 rings (SSSR count). The van der Waals surface area contributed by atoms with E-state index in [1.54, 1.807) is 11.3 Å². The maximum Gasteiger partial charge on any atom is 0.125 e. The van der Waals surface area contributed by atoms with Gasteiger partial charge in [0.1, 0.15) is 6.29 Å². The lowest BCUT2D eigenvalue weighted by Gasteiger charge is -1.89. The van der Waals surface area contributed by atoms with Gasteiger partial charge in [-0.25, -0.2) is 0 Å². The van der Waals surface area contributed by atoms with Crippen LogP contribution in [0.3, 0.4) is 0 Å². The zero-order valence-corrected chi connectivity index (χ0v) is 9.19. The van der Waals surface area contributed by atoms with E-state index < -0.39 is 0 Å². The molecule has 13 heavy (non-hydrogen) atoms. The van der Waals surface area contributed by atoms with Crippen molar-refractivity contribution in [3.63, 3.8) is 0 Å². The average Bonchev–Trinajstić information content (AvgIpc) is 2.49. The Kier molecular flexibility index (Phi) is 2.47. The zero-order chi connectivity index (χ0) is 9.26. The first-order chi connectivity index (χ1) is 6.31. The van der Waals surface area contributed by atoms with Gasteiger partial charge in [-0.2, -0.15) is 0 Å². The molecule has 0 N–H and O–H groups in total. The summed E-state index contributed by atoms with van der Waals surface area (Å²) < 4.78 is 2.32. The lowest BCUT2D eigenvalue weighted by atomic mass is 10.2. The van der Waals surface area contributed by atoms with Crippen LogP contribution in [0.5, 0.6) is 0 Å². The second-order valence-corrected chi connectivity index (χ2v) is 4.76. The highest BCUT2D eigenvalue weighted by Gasteiger charge is 2.03. The van der Waals surface area contributed by atoms with Gasteiger partial charge in [0, 0.05) is 25.9 Å². The molecule has 0 aliphatic carbocycles. The molecule has 0 fully saturated rings. The lowest BCUT2D eigenvalue weighted by molar-refractivity contribution is -0.107. The fourth-order valence-corrected chi connectivity index (χ4v) is 2.91. The lowest BCUT2D eigenvalue weighted by Crippen LogP contribution is -1.76. The fourth-order valence-electron chi connectivity index (χ4n) is 1.26. The molecule has 0 bridgehead atoms. The number of thiophene rings is 1. The third kappa shape index (κ3) is 1.67. The van der Waals surface area contributed by atoms with E-state index in [1.807, 2.05) is 12.1 Å². The highest BCUT2D eigenvalue weighted by molar-refractivity contribution is 9.10. The number of halogens is 1. The van der Waals surface area contributed by atoms with Gasteiger partial charge < -0.3 is 4.79 Å². The SMILES string of the molecule is O=CCc1cc2c(Br)cccc2s1. The Morgan fingerprint density at radius 2 is 2.31 bits per heavy atom. The van der Waals surface area contributed by atoms with Crippen LogP contribution in [-0.2, 0) is 11.2 Å². The van der Waals surface area contributed by atoms with Crippen LogP contribution in [0.4, 0.5) is 0 Å². The van der Waals surface area contributed by atoms with Crippen molar-refractivity contribution in [1.29, 1.82) is 0 Å². The number of benzene rings is 1. The molecular weight excluding hydrogens is 248 g/mol. The van der Waals surface area contributed by atoms with Crippen LogP contribution < -0.4 is 0 Å². The monoisotopic (exact) mass is 254 g/mol. The summed E-state index contributed by atoms with van der Waals surface area (Å²) in [6, 6.07) is 8.16. The van der Waals surface area contributed by atoms with Gasteiger partial charge in [-0.15, -0.1) is 11.3 Å². The molecule has 0 aliphatic rings. The summed E-state index contributed by atoms with van der Waals surface area (Å²) in [7, 11) is 0. The van der Waals surface area contributed by atoms with Crippen LogP contribution in [-0.4, -0.2) is 6.29 Å². The van der Waals surface area contributed by atoms with E-state index in [-0.39, 0.29) is 0 Å². The molecule has 1 nitrogen and oxygen atoms in total. The molecule has 0 spiro atoms. The number of aldehydes is 1. The van der Waals surface area contributed by atoms with E-state index in [0.29, 0.717) is 6.42 Å². The normalized spacial score (nSPS) is 10.5. The minimum absolute atomic E-state index is 0.520. The van der Waals surface area contributed by atoms with Crippen LogP contribution in [0.25, 0.3) is 10.1 Å². The first-order valence-electron chi connectivity index (χ1n) is 3.92. The van der Waals surface area contributed by atoms with Crippen molar-refractivity contribution >= 4 is 43.6 Å². The molecule has 1 aromatic carbocycles. The van der Waals surface area contributed by atoms with Crippen molar-refractivity contribution in [3.05, 3.63) is 33.6 Å². The van der Waals surface area contributed by atoms with Crippen molar-refractivity contribution in [2.45, 2.75) is 6.42 Å². The minimum atomic E-state index is 0.520. The minimum Gasteiger partial charge on any atom is -0.303 e. The van der Waals surface area contributed by atoms with E-state index >= 15 is 0 Å². The maximum absolute atomic E-state index is 10.3. The van der Waals surface area contributed by atoms with Crippen molar-refractivity contribution < 1.29 is 4.79 Å². The smallest absolute Gasteiger partial charge is 0.125 e. The van der Waals surface area contributed by atoms with Crippen molar-refractivity contribution in [1.82, 2.24) is 0 Å². The van der Waals surface area contributed by atoms with Gasteiger partial charge in [-0.3, -0.25) is 0 Å². The Morgan fingerprint density at radius 3 is 3.00 bits per heavy atom. The molecule has 0 atom stereocenters. The number of fused-ring (bicyclic) bond motifs is 1. The molecule has 0 amide bonds. The molecule has 0 radical (unpaired) electrons. The number of carbonyl (C=O) groups excluding carboxylic acids is 1. The first-order valence-corrected chi connectivity index (χ1v) is 5.53.